The van der Waals surface area contributed by atoms with Crippen molar-refractivity contribution in [1.29, 1.82) is 0 Å². The summed E-state index contributed by atoms with van der Waals surface area (Å²) in [5, 5.41) is 12.7. The van der Waals surface area contributed by atoms with Crippen molar-refractivity contribution in [2.24, 2.45) is 5.11 Å². The van der Waals surface area contributed by atoms with E-state index >= 15 is 0 Å². The predicted octanol–water partition coefficient (Wildman–Crippen LogP) is 0.807. The molecule has 0 aliphatic carbocycles. The van der Waals surface area contributed by atoms with Gasteiger partial charge < -0.3 is 9.84 Å². The van der Waals surface area contributed by atoms with Crippen molar-refractivity contribution < 1.29 is 9.84 Å². The first kappa shape index (κ1) is 13.3. The van der Waals surface area contributed by atoms with Crippen LogP contribution in [0.2, 0.25) is 0 Å². The van der Waals surface area contributed by atoms with Gasteiger partial charge in [0.1, 0.15) is 6.23 Å². The fourth-order valence-electron chi connectivity index (χ4n) is 1.85. The second-order valence-electron chi connectivity index (χ2n) is 3.78. The van der Waals surface area contributed by atoms with E-state index in [1.807, 2.05) is 22.6 Å². The summed E-state index contributed by atoms with van der Waals surface area (Å²) in [7, 11) is 0. The first-order valence-electron chi connectivity index (χ1n) is 5.20. The Kier molecular flexibility index (Phi) is 4.17. The van der Waals surface area contributed by atoms with E-state index in [9.17, 15) is 4.79 Å². The summed E-state index contributed by atoms with van der Waals surface area (Å²) in [5.41, 5.74) is 8.00. The Bertz CT molecular complexity index is 541. The van der Waals surface area contributed by atoms with Crippen LogP contribution < -0.4 is 5.69 Å². The average molecular weight is 363 g/mol. The molecule has 1 aromatic rings. The van der Waals surface area contributed by atoms with Crippen molar-refractivity contribution in [2.75, 3.05) is 6.61 Å². The van der Waals surface area contributed by atoms with Crippen molar-refractivity contribution in [3.63, 3.8) is 0 Å². The lowest BCUT2D eigenvalue weighted by atomic mass is 10.1. The summed E-state index contributed by atoms with van der Waals surface area (Å²) < 4.78 is 7.64. The van der Waals surface area contributed by atoms with E-state index in [0.29, 0.717) is 6.42 Å². The third-order valence-corrected chi connectivity index (χ3v) is 3.23. The molecular formula is C9H10IN5O3. The number of halogens is 1. The van der Waals surface area contributed by atoms with Gasteiger partial charge in [-0.05, 0) is 28.1 Å². The summed E-state index contributed by atoms with van der Waals surface area (Å²) >= 11 is 2.04. The molecule has 1 saturated heterocycles. The van der Waals surface area contributed by atoms with E-state index < -0.39 is 24.1 Å². The highest BCUT2D eigenvalue weighted by Gasteiger charge is 2.35. The largest absolute Gasteiger partial charge is 0.394 e. The van der Waals surface area contributed by atoms with E-state index in [0.717, 1.165) is 3.57 Å². The standard InChI is InChI=1S/C9H10IN5O3/c10-5-2-12-9(17)15(3-5)8-1-6(13-14-11)7(4-16)18-8/h2-3,6-8,16H,1,4H2/t6-,7+,8+/m0/s1. The third kappa shape index (κ3) is 2.64. The normalized spacial score (nSPS) is 26.9. The second kappa shape index (κ2) is 5.65. The first-order chi connectivity index (χ1) is 8.65. The van der Waals surface area contributed by atoms with E-state index in [-0.39, 0.29) is 6.61 Å². The number of aliphatic hydroxyl groups is 1. The summed E-state index contributed by atoms with van der Waals surface area (Å²) in [6.07, 6.45) is 2.27. The number of rotatable bonds is 3. The van der Waals surface area contributed by atoms with Gasteiger partial charge in [-0.3, -0.25) is 4.57 Å². The maximum Gasteiger partial charge on any atom is 0.349 e. The summed E-state index contributed by atoms with van der Waals surface area (Å²) in [6.45, 7) is -0.258. The summed E-state index contributed by atoms with van der Waals surface area (Å²) in [4.78, 5) is 18.0. The van der Waals surface area contributed by atoms with Gasteiger partial charge in [-0.2, -0.15) is 0 Å². The molecule has 1 aromatic heterocycles. The Labute approximate surface area is 115 Å². The fourth-order valence-corrected chi connectivity index (χ4v) is 2.29. The molecule has 1 N–H and O–H groups in total. The van der Waals surface area contributed by atoms with Gasteiger partial charge in [0.15, 0.2) is 0 Å². The Balaban J connectivity index is 2.28. The second-order valence-corrected chi connectivity index (χ2v) is 5.03. The van der Waals surface area contributed by atoms with E-state index in [2.05, 4.69) is 15.0 Å². The minimum atomic E-state index is -0.587. The molecule has 2 rings (SSSR count). The number of aromatic nitrogens is 2. The van der Waals surface area contributed by atoms with Crippen LogP contribution in [0, 0.1) is 3.57 Å². The van der Waals surface area contributed by atoms with Gasteiger partial charge in [0.25, 0.3) is 0 Å². The number of azide groups is 1. The monoisotopic (exact) mass is 363 g/mol. The van der Waals surface area contributed by atoms with Gasteiger partial charge in [-0.1, -0.05) is 5.11 Å². The van der Waals surface area contributed by atoms with Crippen LogP contribution in [-0.4, -0.2) is 33.4 Å². The number of hydrogen-bond acceptors (Lipinski definition) is 5. The minimum absolute atomic E-state index is 0.258. The third-order valence-electron chi connectivity index (χ3n) is 2.68. The number of nitrogens with zero attached hydrogens (tertiary/aromatic N) is 5. The number of hydrogen-bond donors (Lipinski definition) is 1. The topological polar surface area (TPSA) is 113 Å². The molecule has 0 unspecified atom stereocenters. The maximum absolute atomic E-state index is 11.6. The highest BCUT2D eigenvalue weighted by Crippen LogP contribution is 2.29. The van der Waals surface area contributed by atoms with E-state index in [1.54, 1.807) is 6.20 Å². The zero-order chi connectivity index (χ0) is 13.1. The molecule has 0 amide bonds. The van der Waals surface area contributed by atoms with Gasteiger partial charge in [0.2, 0.25) is 0 Å². The van der Waals surface area contributed by atoms with Crippen LogP contribution >= 0.6 is 22.6 Å². The molecule has 0 saturated carbocycles. The Morgan fingerprint density at radius 2 is 2.56 bits per heavy atom. The molecule has 0 radical (unpaired) electrons. The van der Waals surface area contributed by atoms with E-state index in [1.165, 1.54) is 10.8 Å². The minimum Gasteiger partial charge on any atom is -0.394 e. The lowest BCUT2D eigenvalue weighted by Crippen LogP contribution is -2.27. The van der Waals surface area contributed by atoms with Gasteiger partial charge in [0.05, 0.1) is 18.8 Å². The van der Waals surface area contributed by atoms with E-state index in [4.69, 9.17) is 15.4 Å². The Morgan fingerprint density at radius 1 is 1.78 bits per heavy atom. The van der Waals surface area contributed by atoms with Crippen LogP contribution in [-0.2, 0) is 4.74 Å². The molecule has 0 spiro atoms. The predicted molar refractivity (Wildman–Crippen MR) is 69.8 cm³/mol. The quantitative estimate of drug-likeness (QED) is 0.370. The first-order valence-corrected chi connectivity index (χ1v) is 6.27. The molecule has 0 aromatic carbocycles. The maximum atomic E-state index is 11.6. The highest BCUT2D eigenvalue weighted by atomic mass is 127. The molecule has 2 heterocycles. The van der Waals surface area contributed by atoms with Crippen molar-refractivity contribution in [3.8, 4) is 0 Å². The van der Waals surface area contributed by atoms with Crippen LogP contribution in [0.4, 0.5) is 0 Å². The van der Waals surface area contributed by atoms with Crippen molar-refractivity contribution >= 4 is 22.6 Å². The number of aliphatic hydroxyl groups excluding tert-OH is 1. The van der Waals surface area contributed by atoms with Crippen molar-refractivity contribution in [2.45, 2.75) is 24.8 Å². The van der Waals surface area contributed by atoms with Gasteiger partial charge in [0, 0.05) is 27.3 Å². The molecule has 96 valence electrons. The van der Waals surface area contributed by atoms with Crippen LogP contribution in [0.5, 0.6) is 0 Å². The van der Waals surface area contributed by atoms with Crippen molar-refractivity contribution in [3.05, 3.63) is 36.9 Å². The molecule has 1 aliphatic heterocycles. The van der Waals surface area contributed by atoms with Crippen molar-refractivity contribution in [1.82, 2.24) is 9.55 Å². The molecule has 0 bridgehead atoms. The molecular weight excluding hydrogens is 353 g/mol. The number of ether oxygens (including phenoxy) is 1. The van der Waals surface area contributed by atoms with Crippen LogP contribution in [0.3, 0.4) is 0 Å². The lowest BCUT2D eigenvalue weighted by molar-refractivity contribution is -0.0271. The SMILES string of the molecule is [N-]=[N+]=N[C@H]1C[C@H](n2cc(I)cnc2=O)O[C@@H]1CO. The van der Waals surface area contributed by atoms with Gasteiger partial charge in [-0.15, -0.1) is 0 Å². The molecule has 9 heteroatoms. The molecule has 8 nitrogen and oxygen atoms in total. The summed E-state index contributed by atoms with van der Waals surface area (Å²) in [6, 6.07) is -0.477. The summed E-state index contributed by atoms with van der Waals surface area (Å²) in [5.74, 6) is 0. The molecule has 3 atom stereocenters. The Hall–Kier alpha value is -1.16. The zero-order valence-electron chi connectivity index (χ0n) is 9.18. The Morgan fingerprint density at radius 3 is 3.22 bits per heavy atom. The lowest BCUT2D eigenvalue weighted by Gasteiger charge is -2.14. The van der Waals surface area contributed by atoms with Crippen LogP contribution in [0.15, 0.2) is 22.3 Å². The van der Waals surface area contributed by atoms with Gasteiger partial charge >= 0.3 is 5.69 Å². The zero-order valence-corrected chi connectivity index (χ0v) is 11.3. The fraction of sp³-hybridized carbons (Fsp3) is 0.556. The van der Waals surface area contributed by atoms with Crippen LogP contribution in [0.1, 0.15) is 12.6 Å². The smallest absolute Gasteiger partial charge is 0.349 e. The molecule has 1 fully saturated rings. The highest BCUT2D eigenvalue weighted by molar-refractivity contribution is 14.1. The molecule has 1 aliphatic rings. The molecule has 18 heavy (non-hydrogen) atoms. The van der Waals surface area contributed by atoms with Gasteiger partial charge in [-0.25, -0.2) is 9.78 Å². The average Bonchev–Trinajstić information content (AvgIpc) is 2.76. The van der Waals surface area contributed by atoms with Crippen LogP contribution in [0.25, 0.3) is 10.4 Å².